The van der Waals surface area contributed by atoms with E-state index in [1.807, 2.05) is 0 Å². The molecule has 1 N–H and O–H groups in total. The lowest BCUT2D eigenvalue weighted by Crippen LogP contribution is -2.52. The molecule has 1 aliphatic carbocycles. The summed E-state index contributed by atoms with van der Waals surface area (Å²) in [5.74, 6) is -0.653. The van der Waals surface area contributed by atoms with Crippen LogP contribution in [0.5, 0.6) is 5.75 Å². The minimum absolute atomic E-state index is 0.317. The molecule has 0 aromatic heterocycles. The summed E-state index contributed by atoms with van der Waals surface area (Å²) < 4.78 is 10.4. The number of nitrogens with one attached hydrogen (secondary N) is 1. The predicted molar refractivity (Wildman–Crippen MR) is 92.1 cm³/mol. The summed E-state index contributed by atoms with van der Waals surface area (Å²) in [7, 11) is 0. The van der Waals surface area contributed by atoms with Gasteiger partial charge in [0.25, 0.3) is 5.91 Å². The fourth-order valence-corrected chi connectivity index (χ4v) is 2.84. The molecule has 1 aromatic rings. The van der Waals surface area contributed by atoms with Gasteiger partial charge in [0, 0.05) is 5.02 Å². The molecule has 0 saturated heterocycles. The quantitative estimate of drug-likeness (QED) is 0.784. The predicted octanol–water partition coefficient (Wildman–Crippen LogP) is 2.99. The summed E-state index contributed by atoms with van der Waals surface area (Å²) in [4.78, 5) is 24.0. The summed E-state index contributed by atoms with van der Waals surface area (Å²) in [5.41, 5.74) is -0.851. The molecule has 0 radical (unpaired) electrons. The van der Waals surface area contributed by atoms with Gasteiger partial charge in [0.15, 0.2) is 12.7 Å². The third-order valence-electron chi connectivity index (χ3n) is 4.13. The van der Waals surface area contributed by atoms with E-state index in [1.165, 1.54) is 6.92 Å². The van der Waals surface area contributed by atoms with E-state index in [4.69, 9.17) is 21.1 Å². The van der Waals surface area contributed by atoms with Crippen LogP contribution in [0.25, 0.3) is 0 Å². The number of carbonyl (C=O) groups is 2. The standard InChI is InChI=1S/C18H21ClN2O4/c1-13(17(23)21-18(12-20)9-3-2-4-10-18)25-16(22)11-24-15-7-5-14(19)6-8-15/h5-8,13H,2-4,9-11H2,1H3,(H,21,23)/t13-/m1/s1. The monoisotopic (exact) mass is 364 g/mol. The van der Waals surface area contributed by atoms with E-state index in [2.05, 4.69) is 11.4 Å². The largest absolute Gasteiger partial charge is 0.482 e. The number of hydrogen-bond donors (Lipinski definition) is 1. The number of ether oxygens (including phenoxy) is 2. The number of halogens is 1. The zero-order valence-corrected chi connectivity index (χ0v) is 14.8. The fraction of sp³-hybridized carbons (Fsp3) is 0.500. The van der Waals surface area contributed by atoms with Crippen molar-refractivity contribution >= 4 is 23.5 Å². The molecule has 1 aromatic carbocycles. The zero-order chi connectivity index (χ0) is 18.3. The van der Waals surface area contributed by atoms with Gasteiger partial charge >= 0.3 is 5.97 Å². The molecule has 1 saturated carbocycles. The topological polar surface area (TPSA) is 88.4 Å². The molecule has 6 nitrogen and oxygen atoms in total. The lowest BCUT2D eigenvalue weighted by atomic mass is 9.83. The number of benzene rings is 1. The van der Waals surface area contributed by atoms with Gasteiger partial charge in [-0.3, -0.25) is 4.79 Å². The first-order valence-electron chi connectivity index (χ1n) is 8.25. The number of amides is 1. The maximum Gasteiger partial charge on any atom is 0.344 e. The van der Waals surface area contributed by atoms with Crippen LogP contribution in [0.4, 0.5) is 0 Å². The number of esters is 1. The van der Waals surface area contributed by atoms with Crippen molar-refractivity contribution in [2.75, 3.05) is 6.61 Å². The minimum atomic E-state index is -0.992. The van der Waals surface area contributed by atoms with Crippen LogP contribution in [0, 0.1) is 11.3 Å². The molecule has 1 fully saturated rings. The normalized spacial score (nSPS) is 17.0. The molecule has 1 aliphatic rings. The molecular formula is C18H21ClN2O4. The molecule has 2 rings (SSSR count). The highest BCUT2D eigenvalue weighted by Crippen LogP contribution is 2.27. The molecule has 0 bridgehead atoms. The smallest absolute Gasteiger partial charge is 0.344 e. The van der Waals surface area contributed by atoms with Crippen LogP contribution in [0.3, 0.4) is 0 Å². The average molecular weight is 365 g/mol. The maximum atomic E-state index is 12.2. The Balaban J connectivity index is 1.80. The van der Waals surface area contributed by atoms with Crippen LogP contribution in [-0.4, -0.2) is 30.1 Å². The summed E-state index contributed by atoms with van der Waals surface area (Å²) in [6.45, 7) is 1.16. The van der Waals surface area contributed by atoms with E-state index in [0.29, 0.717) is 23.6 Å². The van der Waals surface area contributed by atoms with Gasteiger partial charge in [0.05, 0.1) is 6.07 Å². The Morgan fingerprint density at radius 2 is 1.92 bits per heavy atom. The Hall–Kier alpha value is -2.26. The van der Waals surface area contributed by atoms with Gasteiger partial charge in [0.2, 0.25) is 0 Å². The zero-order valence-electron chi connectivity index (χ0n) is 14.1. The highest BCUT2D eigenvalue weighted by atomic mass is 35.5. The Labute approximate surface area is 152 Å². The lowest BCUT2D eigenvalue weighted by Gasteiger charge is -2.32. The van der Waals surface area contributed by atoms with Crippen molar-refractivity contribution in [3.63, 3.8) is 0 Å². The number of nitriles is 1. The number of rotatable bonds is 6. The van der Waals surface area contributed by atoms with Crippen LogP contribution in [-0.2, 0) is 14.3 Å². The first-order valence-corrected chi connectivity index (χ1v) is 8.63. The van der Waals surface area contributed by atoms with E-state index >= 15 is 0 Å². The Bertz CT molecular complexity index is 648. The van der Waals surface area contributed by atoms with Crippen molar-refractivity contribution in [2.24, 2.45) is 0 Å². The summed E-state index contributed by atoms with van der Waals surface area (Å²) in [5, 5.41) is 12.7. The van der Waals surface area contributed by atoms with Crippen LogP contribution in [0.15, 0.2) is 24.3 Å². The first kappa shape index (κ1) is 19.1. The third-order valence-corrected chi connectivity index (χ3v) is 4.38. The van der Waals surface area contributed by atoms with Crippen LogP contribution in [0.1, 0.15) is 39.0 Å². The van der Waals surface area contributed by atoms with Crippen molar-refractivity contribution in [3.05, 3.63) is 29.3 Å². The molecule has 0 heterocycles. The van der Waals surface area contributed by atoms with E-state index in [9.17, 15) is 14.9 Å². The second-order valence-electron chi connectivity index (χ2n) is 6.12. The maximum absolute atomic E-state index is 12.2. The van der Waals surface area contributed by atoms with Gasteiger partial charge < -0.3 is 14.8 Å². The summed E-state index contributed by atoms with van der Waals surface area (Å²) in [6, 6.07) is 8.75. The molecule has 134 valence electrons. The minimum Gasteiger partial charge on any atom is -0.482 e. The number of hydrogen-bond acceptors (Lipinski definition) is 5. The van der Waals surface area contributed by atoms with Crippen LogP contribution < -0.4 is 10.1 Å². The summed E-state index contributed by atoms with van der Waals surface area (Å²) in [6.07, 6.45) is 3.11. The molecular weight excluding hydrogens is 344 g/mol. The number of carbonyl (C=O) groups excluding carboxylic acids is 2. The van der Waals surface area contributed by atoms with E-state index < -0.39 is 23.5 Å². The molecule has 0 aliphatic heterocycles. The lowest BCUT2D eigenvalue weighted by molar-refractivity contribution is -0.157. The molecule has 0 unspecified atom stereocenters. The first-order chi connectivity index (χ1) is 11.9. The average Bonchev–Trinajstić information content (AvgIpc) is 2.62. The van der Waals surface area contributed by atoms with E-state index in [1.54, 1.807) is 24.3 Å². The summed E-state index contributed by atoms with van der Waals surface area (Å²) >= 11 is 5.77. The van der Waals surface area contributed by atoms with Crippen molar-refractivity contribution in [2.45, 2.75) is 50.7 Å². The molecule has 7 heteroatoms. The van der Waals surface area contributed by atoms with Gasteiger partial charge in [-0.2, -0.15) is 5.26 Å². The van der Waals surface area contributed by atoms with Gasteiger partial charge in [-0.25, -0.2) is 4.79 Å². The Kier molecular flexibility index (Phi) is 6.65. The Morgan fingerprint density at radius 1 is 1.28 bits per heavy atom. The SMILES string of the molecule is C[C@@H](OC(=O)COc1ccc(Cl)cc1)C(=O)NC1(C#N)CCCCC1. The molecule has 1 amide bonds. The fourth-order valence-electron chi connectivity index (χ4n) is 2.72. The van der Waals surface area contributed by atoms with Crippen LogP contribution in [0.2, 0.25) is 5.02 Å². The third kappa shape index (κ3) is 5.64. The van der Waals surface area contributed by atoms with E-state index in [-0.39, 0.29) is 6.61 Å². The van der Waals surface area contributed by atoms with Crippen LogP contribution >= 0.6 is 11.6 Å². The second kappa shape index (κ2) is 8.72. The van der Waals surface area contributed by atoms with Crippen molar-refractivity contribution in [1.29, 1.82) is 5.26 Å². The van der Waals surface area contributed by atoms with Crippen molar-refractivity contribution in [3.8, 4) is 11.8 Å². The van der Waals surface area contributed by atoms with Crippen molar-refractivity contribution < 1.29 is 19.1 Å². The van der Waals surface area contributed by atoms with Gasteiger partial charge in [-0.1, -0.05) is 30.9 Å². The van der Waals surface area contributed by atoms with Crippen molar-refractivity contribution in [1.82, 2.24) is 5.32 Å². The van der Waals surface area contributed by atoms with Gasteiger partial charge in [-0.05, 0) is 44.0 Å². The van der Waals surface area contributed by atoms with E-state index in [0.717, 1.165) is 19.3 Å². The number of nitrogens with zero attached hydrogens (tertiary/aromatic N) is 1. The Morgan fingerprint density at radius 3 is 2.52 bits per heavy atom. The highest BCUT2D eigenvalue weighted by Gasteiger charge is 2.35. The molecule has 25 heavy (non-hydrogen) atoms. The molecule has 1 atom stereocenters. The highest BCUT2D eigenvalue weighted by molar-refractivity contribution is 6.30. The van der Waals surface area contributed by atoms with Gasteiger partial charge in [0.1, 0.15) is 11.3 Å². The van der Waals surface area contributed by atoms with Gasteiger partial charge in [-0.15, -0.1) is 0 Å². The molecule has 0 spiro atoms. The second-order valence-corrected chi connectivity index (χ2v) is 6.55.